The monoisotopic (exact) mass is 259 g/mol. The number of halogens is 1. The summed E-state index contributed by atoms with van der Waals surface area (Å²) in [5, 5.41) is 9.31. The van der Waals surface area contributed by atoms with Crippen molar-refractivity contribution in [1.29, 1.82) is 0 Å². The predicted molar refractivity (Wildman–Crippen MR) is 67.8 cm³/mol. The van der Waals surface area contributed by atoms with Crippen LogP contribution >= 0.6 is 23.4 Å². The molecule has 0 saturated heterocycles. The molecule has 1 aromatic carbocycles. The molecule has 0 aromatic heterocycles. The minimum absolute atomic E-state index is 0.487. The van der Waals surface area contributed by atoms with E-state index in [0.29, 0.717) is 6.42 Å². The maximum Gasteiger partial charge on any atom is 0.320 e. The van der Waals surface area contributed by atoms with E-state index in [1.165, 1.54) is 0 Å². The minimum atomic E-state index is -0.941. The number of aliphatic carboxylic acids is 1. The Hall–Kier alpha value is -0.710. The lowest BCUT2D eigenvalue weighted by Crippen LogP contribution is -2.30. The second-order valence-corrected chi connectivity index (χ2v) is 4.96. The molecular formula is C11H14ClNO2S. The highest BCUT2D eigenvalue weighted by Gasteiger charge is 2.10. The van der Waals surface area contributed by atoms with Crippen molar-refractivity contribution in [1.82, 2.24) is 0 Å². The van der Waals surface area contributed by atoms with Gasteiger partial charge in [0.2, 0.25) is 0 Å². The van der Waals surface area contributed by atoms with Crippen LogP contribution < -0.4 is 5.73 Å². The SMILES string of the molecule is N[C@@H](CCSCc1cccc(Cl)c1)C(=O)O. The van der Waals surface area contributed by atoms with Gasteiger partial charge in [0.05, 0.1) is 0 Å². The van der Waals surface area contributed by atoms with Crippen molar-refractivity contribution in [2.24, 2.45) is 5.73 Å². The number of nitrogens with two attached hydrogens (primary N) is 1. The first-order valence-electron chi connectivity index (χ1n) is 4.90. The number of thioether (sulfide) groups is 1. The van der Waals surface area contributed by atoms with E-state index >= 15 is 0 Å². The summed E-state index contributed by atoms with van der Waals surface area (Å²) < 4.78 is 0. The van der Waals surface area contributed by atoms with E-state index in [9.17, 15) is 4.79 Å². The molecule has 0 aliphatic carbocycles. The molecule has 0 unspecified atom stereocenters. The van der Waals surface area contributed by atoms with Gasteiger partial charge in [-0.15, -0.1) is 0 Å². The fourth-order valence-corrected chi connectivity index (χ4v) is 2.34. The Morgan fingerprint density at radius 2 is 2.31 bits per heavy atom. The average Bonchev–Trinajstić information content (AvgIpc) is 2.24. The molecule has 1 aromatic rings. The van der Waals surface area contributed by atoms with Crippen LogP contribution in [-0.4, -0.2) is 22.9 Å². The van der Waals surface area contributed by atoms with Crippen molar-refractivity contribution in [2.45, 2.75) is 18.2 Å². The maximum absolute atomic E-state index is 10.5. The summed E-state index contributed by atoms with van der Waals surface area (Å²) in [4.78, 5) is 10.5. The van der Waals surface area contributed by atoms with E-state index in [2.05, 4.69) is 0 Å². The fourth-order valence-electron chi connectivity index (χ4n) is 1.15. The van der Waals surface area contributed by atoms with Crippen LogP contribution in [-0.2, 0) is 10.5 Å². The van der Waals surface area contributed by atoms with Crippen LogP contribution in [0.1, 0.15) is 12.0 Å². The smallest absolute Gasteiger partial charge is 0.320 e. The predicted octanol–water partition coefficient (Wildman–Crippen LogP) is 2.38. The third kappa shape index (κ3) is 4.88. The van der Waals surface area contributed by atoms with Crippen LogP contribution in [0.2, 0.25) is 5.02 Å². The molecule has 1 rings (SSSR count). The summed E-state index contributed by atoms with van der Waals surface area (Å²) in [6.45, 7) is 0. The molecule has 5 heteroatoms. The number of rotatable bonds is 6. The van der Waals surface area contributed by atoms with Gasteiger partial charge in [-0.2, -0.15) is 11.8 Å². The summed E-state index contributed by atoms with van der Waals surface area (Å²) in [5.74, 6) is 0.621. The maximum atomic E-state index is 10.5. The molecular weight excluding hydrogens is 246 g/mol. The van der Waals surface area contributed by atoms with Crippen molar-refractivity contribution in [3.05, 3.63) is 34.9 Å². The van der Waals surface area contributed by atoms with Crippen molar-refractivity contribution >= 4 is 29.3 Å². The van der Waals surface area contributed by atoms with Crippen molar-refractivity contribution < 1.29 is 9.90 Å². The van der Waals surface area contributed by atoms with Gasteiger partial charge in [-0.3, -0.25) is 4.79 Å². The lowest BCUT2D eigenvalue weighted by molar-refractivity contribution is -0.138. The van der Waals surface area contributed by atoms with Gasteiger partial charge in [0.1, 0.15) is 6.04 Å². The topological polar surface area (TPSA) is 63.3 Å². The molecule has 0 spiro atoms. The van der Waals surface area contributed by atoms with Crippen molar-refractivity contribution in [3.63, 3.8) is 0 Å². The Morgan fingerprint density at radius 3 is 2.94 bits per heavy atom. The largest absolute Gasteiger partial charge is 0.480 e. The first-order valence-corrected chi connectivity index (χ1v) is 6.43. The van der Waals surface area contributed by atoms with Crippen LogP contribution in [0.25, 0.3) is 0 Å². The van der Waals surface area contributed by atoms with Gasteiger partial charge < -0.3 is 10.8 Å². The Balaban J connectivity index is 2.23. The first kappa shape index (κ1) is 13.4. The molecule has 88 valence electrons. The van der Waals surface area contributed by atoms with Crippen LogP contribution in [0.5, 0.6) is 0 Å². The lowest BCUT2D eigenvalue weighted by atomic mass is 10.2. The highest BCUT2D eigenvalue weighted by atomic mass is 35.5. The summed E-state index contributed by atoms with van der Waals surface area (Å²) in [6.07, 6.45) is 0.487. The Labute approximate surface area is 104 Å². The highest BCUT2D eigenvalue weighted by molar-refractivity contribution is 7.98. The van der Waals surface area contributed by atoms with Crippen LogP contribution in [0.15, 0.2) is 24.3 Å². The van der Waals surface area contributed by atoms with Gasteiger partial charge in [0.15, 0.2) is 0 Å². The van der Waals surface area contributed by atoms with Gasteiger partial charge in [-0.25, -0.2) is 0 Å². The average molecular weight is 260 g/mol. The number of carboxylic acids is 1. The zero-order valence-corrected chi connectivity index (χ0v) is 10.3. The third-order valence-corrected chi connectivity index (χ3v) is 3.35. The molecule has 0 bridgehead atoms. The standard InChI is InChI=1S/C11H14ClNO2S/c12-9-3-1-2-8(6-9)7-16-5-4-10(13)11(14)15/h1-3,6,10H,4-5,7,13H2,(H,14,15)/t10-/m0/s1. The van der Waals surface area contributed by atoms with Crippen molar-refractivity contribution in [2.75, 3.05) is 5.75 Å². The van der Waals surface area contributed by atoms with E-state index in [1.54, 1.807) is 11.8 Å². The molecule has 0 saturated carbocycles. The molecule has 0 aliphatic rings. The Morgan fingerprint density at radius 1 is 1.56 bits per heavy atom. The molecule has 3 nitrogen and oxygen atoms in total. The van der Waals surface area contributed by atoms with Gasteiger partial charge >= 0.3 is 5.97 Å². The fraction of sp³-hybridized carbons (Fsp3) is 0.364. The third-order valence-electron chi connectivity index (χ3n) is 2.05. The molecule has 0 aliphatic heterocycles. The Bertz CT molecular complexity index is 360. The number of carbonyl (C=O) groups is 1. The Kier molecular flexibility index (Phi) is 5.66. The molecule has 1 atom stereocenters. The van der Waals surface area contributed by atoms with Gasteiger partial charge in [-0.1, -0.05) is 23.7 Å². The molecule has 16 heavy (non-hydrogen) atoms. The van der Waals surface area contributed by atoms with E-state index in [1.807, 2.05) is 24.3 Å². The van der Waals surface area contributed by atoms with Crippen LogP contribution in [0.3, 0.4) is 0 Å². The zero-order chi connectivity index (χ0) is 12.0. The van der Waals surface area contributed by atoms with Gasteiger partial charge in [-0.05, 0) is 29.9 Å². The van der Waals surface area contributed by atoms with E-state index in [-0.39, 0.29) is 0 Å². The zero-order valence-electron chi connectivity index (χ0n) is 8.73. The first-order chi connectivity index (χ1) is 7.59. The van der Waals surface area contributed by atoms with Gasteiger partial charge in [0, 0.05) is 10.8 Å². The molecule has 0 radical (unpaired) electrons. The molecule has 0 fully saturated rings. The minimum Gasteiger partial charge on any atom is -0.480 e. The van der Waals surface area contributed by atoms with Crippen molar-refractivity contribution in [3.8, 4) is 0 Å². The highest BCUT2D eigenvalue weighted by Crippen LogP contribution is 2.17. The molecule has 0 amide bonds. The molecule has 0 heterocycles. The summed E-state index contributed by atoms with van der Waals surface area (Å²) in [7, 11) is 0. The van der Waals surface area contributed by atoms with Gasteiger partial charge in [0.25, 0.3) is 0 Å². The number of hydrogen-bond acceptors (Lipinski definition) is 3. The van der Waals surface area contributed by atoms with E-state index < -0.39 is 12.0 Å². The number of hydrogen-bond donors (Lipinski definition) is 2. The van der Waals surface area contributed by atoms with E-state index in [0.717, 1.165) is 22.1 Å². The van der Waals surface area contributed by atoms with Crippen LogP contribution in [0, 0.1) is 0 Å². The number of benzene rings is 1. The van der Waals surface area contributed by atoms with E-state index in [4.69, 9.17) is 22.4 Å². The van der Waals surface area contributed by atoms with Crippen LogP contribution in [0.4, 0.5) is 0 Å². The number of carboxylic acid groups (broad SMARTS) is 1. The normalized spacial score (nSPS) is 12.4. The molecule has 3 N–H and O–H groups in total. The summed E-state index contributed by atoms with van der Waals surface area (Å²) in [6, 6.07) is 6.88. The lowest BCUT2D eigenvalue weighted by Gasteiger charge is -2.06. The second kappa shape index (κ2) is 6.78. The summed E-state index contributed by atoms with van der Waals surface area (Å²) >= 11 is 7.50. The quantitative estimate of drug-likeness (QED) is 0.770. The summed E-state index contributed by atoms with van der Waals surface area (Å²) in [5.41, 5.74) is 6.53. The second-order valence-electron chi connectivity index (χ2n) is 3.42.